The van der Waals surface area contributed by atoms with E-state index < -0.39 is 6.29 Å². The number of hydrogen-bond donors (Lipinski definition) is 0. The molecule has 0 amide bonds. The molecule has 2 atom stereocenters. The summed E-state index contributed by atoms with van der Waals surface area (Å²) in [6, 6.07) is 0. The van der Waals surface area contributed by atoms with Gasteiger partial charge < -0.3 is 9.47 Å². The van der Waals surface area contributed by atoms with Crippen molar-refractivity contribution in [2.45, 2.75) is 64.3 Å². The van der Waals surface area contributed by atoms with Crippen LogP contribution in [0, 0.1) is 0 Å². The highest BCUT2D eigenvalue weighted by atomic mass is 16.7. The quantitative estimate of drug-likeness (QED) is 0.460. The zero-order valence-corrected chi connectivity index (χ0v) is 9.61. The van der Waals surface area contributed by atoms with Gasteiger partial charge in [-0.05, 0) is 6.42 Å². The highest BCUT2D eigenvalue weighted by molar-refractivity contribution is 5.54. The summed E-state index contributed by atoms with van der Waals surface area (Å²) in [4.78, 5) is 10.4. The highest BCUT2D eigenvalue weighted by Gasteiger charge is 2.24. The standard InChI is InChI=1S/C12H22O3/c1-2-3-4-5-6-7-8-11-10-14-12(9-13)15-11/h9,11-12H,2-8,10H2,1H3. The summed E-state index contributed by atoms with van der Waals surface area (Å²) in [6.45, 7) is 2.81. The van der Waals surface area contributed by atoms with Gasteiger partial charge in [0.25, 0.3) is 0 Å². The van der Waals surface area contributed by atoms with Gasteiger partial charge in [0.15, 0.2) is 6.29 Å². The van der Waals surface area contributed by atoms with Crippen molar-refractivity contribution in [3.8, 4) is 0 Å². The van der Waals surface area contributed by atoms with Crippen LogP contribution in [0.1, 0.15) is 51.9 Å². The maximum Gasteiger partial charge on any atom is 0.215 e. The average molecular weight is 214 g/mol. The summed E-state index contributed by atoms with van der Waals surface area (Å²) < 4.78 is 10.5. The number of carbonyl (C=O) groups is 1. The van der Waals surface area contributed by atoms with Crippen LogP contribution in [0.25, 0.3) is 0 Å². The lowest BCUT2D eigenvalue weighted by Gasteiger charge is -2.07. The summed E-state index contributed by atoms with van der Waals surface area (Å²) in [5, 5.41) is 0. The molecule has 15 heavy (non-hydrogen) atoms. The molecule has 0 aromatic rings. The van der Waals surface area contributed by atoms with Crippen molar-refractivity contribution in [3.05, 3.63) is 0 Å². The van der Waals surface area contributed by atoms with Gasteiger partial charge in [-0.15, -0.1) is 0 Å². The highest BCUT2D eigenvalue weighted by Crippen LogP contribution is 2.16. The molecule has 1 aliphatic rings. The zero-order valence-electron chi connectivity index (χ0n) is 9.61. The third-order valence-corrected chi connectivity index (χ3v) is 2.76. The van der Waals surface area contributed by atoms with Crippen molar-refractivity contribution in [2.24, 2.45) is 0 Å². The van der Waals surface area contributed by atoms with Crippen molar-refractivity contribution in [1.82, 2.24) is 0 Å². The number of hydrogen-bond acceptors (Lipinski definition) is 3. The summed E-state index contributed by atoms with van der Waals surface area (Å²) in [5.74, 6) is 0. The number of rotatable bonds is 8. The minimum atomic E-state index is -0.602. The van der Waals surface area contributed by atoms with E-state index in [-0.39, 0.29) is 6.10 Å². The molecule has 1 rings (SSSR count). The van der Waals surface area contributed by atoms with Crippen molar-refractivity contribution < 1.29 is 14.3 Å². The fourth-order valence-electron chi connectivity index (χ4n) is 1.85. The van der Waals surface area contributed by atoms with Gasteiger partial charge >= 0.3 is 0 Å². The van der Waals surface area contributed by atoms with E-state index in [1.54, 1.807) is 0 Å². The van der Waals surface area contributed by atoms with Gasteiger partial charge in [-0.2, -0.15) is 0 Å². The van der Waals surface area contributed by atoms with Gasteiger partial charge in [0.2, 0.25) is 6.29 Å². The number of ether oxygens (including phenoxy) is 2. The summed E-state index contributed by atoms with van der Waals surface area (Å²) in [5.41, 5.74) is 0. The van der Waals surface area contributed by atoms with Crippen molar-refractivity contribution in [1.29, 1.82) is 0 Å². The van der Waals surface area contributed by atoms with Gasteiger partial charge in [0.05, 0.1) is 12.7 Å². The van der Waals surface area contributed by atoms with Crippen LogP contribution in [0.4, 0.5) is 0 Å². The lowest BCUT2D eigenvalue weighted by molar-refractivity contribution is -0.133. The molecule has 88 valence electrons. The monoisotopic (exact) mass is 214 g/mol. The van der Waals surface area contributed by atoms with Crippen LogP contribution in [0.2, 0.25) is 0 Å². The number of aldehydes is 1. The predicted octanol–water partition coefficient (Wildman–Crippen LogP) is 2.68. The number of carbonyl (C=O) groups excluding carboxylic acids is 1. The molecule has 0 radical (unpaired) electrons. The fourth-order valence-corrected chi connectivity index (χ4v) is 1.85. The zero-order chi connectivity index (χ0) is 10.9. The Morgan fingerprint density at radius 1 is 1.20 bits per heavy atom. The Hall–Kier alpha value is -0.410. The second-order valence-corrected chi connectivity index (χ2v) is 4.15. The second kappa shape index (κ2) is 7.83. The van der Waals surface area contributed by atoms with Crippen LogP contribution in [0.15, 0.2) is 0 Å². The average Bonchev–Trinajstić information content (AvgIpc) is 2.71. The van der Waals surface area contributed by atoms with E-state index in [1.807, 2.05) is 0 Å². The first-order valence-corrected chi connectivity index (χ1v) is 6.09. The fraction of sp³-hybridized carbons (Fsp3) is 0.917. The molecule has 0 saturated carbocycles. The van der Waals surface area contributed by atoms with Crippen LogP contribution in [0.5, 0.6) is 0 Å². The Balaban J connectivity index is 1.90. The Bertz CT molecular complexity index is 170. The summed E-state index contributed by atoms with van der Waals surface area (Å²) in [7, 11) is 0. The van der Waals surface area contributed by atoms with Gasteiger partial charge in [0, 0.05) is 0 Å². The van der Waals surface area contributed by atoms with E-state index in [2.05, 4.69) is 6.92 Å². The Labute approximate surface area is 92.1 Å². The third kappa shape index (κ3) is 5.28. The molecule has 3 nitrogen and oxygen atoms in total. The molecule has 0 N–H and O–H groups in total. The molecular weight excluding hydrogens is 192 g/mol. The Morgan fingerprint density at radius 3 is 2.60 bits per heavy atom. The van der Waals surface area contributed by atoms with Gasteiger partial charge in [0.1, 0.15) is 0 Å². The molecule has 3 heteroatoms. The first-order chi connectivity index (χ1) is 7.36. The third-order valence-electron chi connectivity index (χ3n) is 2.76. The maximum atomic E-state index is 10.4. The molecule has 1 aliphatic heterocycles. The van der Waals surface area contributed by atoms with Crippen molar-refractivity contribution in [2.75, 3.05) is 6.61 Å². The van der Waals surface area contributed by atoms with Crippen molar-refractivity contribution in [3.63, 3.8) is 0 Å². The van der Waals surface area contributed by atoms with Gasteiger partial charge in [-0.1, -0.05) is 45.4 Å². The summed E-state index contributed by atoms with van der Waals surface area (Å²) in [6.07, 6.45) is 9.04. The summed E-state index contributed by atoms with van der Waals surface area (Å²) >= 11 is 0. The lowest BCUT2D eigenvalue weighted by atomic mass is 10.1. The largest absolute Gasteiger partial charge is 0.343 e. The minimum absolute atomic E-state index is 0.145. The Kier molecular flexibility index (Phi) is 6.60. The molecular formula is C12H22O3. The van der Waals surface area contributed by atoms with Crippen LogP contribution in [-0.4, -0.2) is 25.3 Å². The molecule has 0 aliphatic carbocycles. The van der Waals surface area contributed by atoms with Gasteiger partial charge in [-0.25, -0.2) is 0 Å². The number of unbranched alkanes of at least 4 members (excludes halogenated alkanes) is 5. The van der Waals surface area contributed by atoms with Crippen LogP contribution < -0.4 is 0 Å². The van der Waals surface area contributed by atoms with E-state index in [0.29, 0.717) is 6.61 Å². The van der Waals surface area contributed by atoms with Crippen LogP contribution >= 0.6 is 0 Å². The topological polar surface area (TPSA) is 35.5 Å². The maximum absolute atomic E-state index is 10.4. The molecule has 0 spiro atoms. The van der Waals surface area contributed by atoms with E-state index in [9.17, 15) is 4.79 Å². The van der Waals surface area contributed by atoms with Crippen LogP contribution in [0.3, 0.4) is 0 Å². The van der Waals surface area contributed by atoms with Crippen molar-refractivity contribution >= 4 is 6.29 Å². The van der Waals surface area contributed by atoms with Gasteiger partial charge in [-0.3, -0.25) is 4.79 Å². The van der Waals surface area contributed by atoms with Crippen LogP contribution in [-0.2, 0) is 14.3 Å². The molecule has 1 fully saturated rings. The normalized spacial score (nSPS) is 25.7. The SMILES string of the molecule is CCCCCCCCC1COC(C=O)O1. The molecule has 0 aromatic heterocycles. The minimum Gasteiger partial charge on any atom is -0.343 e. The first-order valence-electron chi connectivity index (χ1n) is 6.09. The van der Waals surface area contributed by atoms with E-state index in [4.69, 9.17) is 9.47 Å². The molecule has 2 unspecified atom stereocenters. The second-order valence-electron chi connectivity index (χ2n) is 4.15. The molecule has 0 aromatic carbocycles. The van der Waals surface area contributed by atoms with E-state index in [1.165, 1.54) is 38.5 Å². The molecule has 1 saturated heterocycles. The van der Waals surface area contributed by atoms with E-state index >= 15 is 0 Å². The Morgan fingerprint density at radius 2 is 1.93 bits per heavy atom. The molecule has 1 heterocycles. The predicted molar refractivity (Wildman–Crippen MR) is 58.7 cm³/mol. The molecule has 0 bridgehead atoms. The first kappa shape index (κ1) is 12.7. The lowest BCUT2D eigenvalue weighted by Crippen LogP contribution is -2.12. The van der Waals surface area contributed by atoms with E-state index in [0.717, 1.165) is 12.7 Å². The smallest absolute Gasteiger partial charge is 0.215 e.